The van der Waals surface area contributed by atoms with Gasteiger partial charge in [-0.05, 0) is 24.1 Å². The SMILES string of the molecule is COC1CN(C(=O)O)CCC1c1ccc(F)cc1Cl. The Balaban J connectivity index is 2.22. The Hall–Kier alpha value is -1.33. The minimum Gasteiger partial charge on any atom is -0.465 e. The molecule has 0 aromatic heterocycles. The van der Waals surface area contributed by atoms with Gasteiger partial charge in [-0.15, -0.1) is 0 Å². The average molecular weight is 288 g/mol. The van der Waals surface area contributed by atoms with Crippen LogP contribution in [0.2, 0.25) is 5.02 Å². The molecule has 2 atom stereocenters. The molecule has 1 heterocycles. The number of carbonyl (C=O) groups is 1. The third-order valence-electron chi connectivity index (χ3n) is 3.49. The molecule has 1 amide bonds. The predicted octanol–water partition coefficient (Wildman–Crippen LogP) is 2.96. The second-order valence-electron chi connectivity index (χ2n) is 4.56. The van der Waals surface area contributed by atoms with Crippen LogP contribution in [-0.4, -0.2) is 42.4 Å². The molecule has 2 unspecified atom stereocenters. The van der Waals surface area contributed by atoms with Crippen molar-refractivity contribution in [2.24, 2.45) is 0 Å². The molecule has 4 nitrogen and oxygen atoms in total. The number of methoxy groups -OCH3 is 1. The highest BCUT2D eigenvalue weighted by Crippen LogP contribution is 2.34. The van der Waals surface area contributed by atoms with Crippen molar-refractivity contribution in [2.75, 3.05) is 20.2 Å². The summed E-state index contributed by atoms with van der Waals surface area (Å²) >= 11 is 6.06. The lowest BCUT2D eigenvalue weighted by molar-refractivity contribution is 0.0178. The van der Waals surface area contributed by atoms with Crippen molar-refractivity contribution < 1.29 is 19.0 Å². The molecule has 2 rings (SSSR count). The fraction of sp³-hybridized carbons (Fsp3) is 0.462. The van der Waals surface area contributed by atoms with Crippen molar-refractivity contribution in [1.29, 1.82) is 0 Å². The molecule has 0 radical (unpaired) electrons. The maximum absolute atomic E-state index is 13.1. The van der Waals surface area contributed by atoms with Gasteiger partial charge in [0.2, 0.25) is 0 Å². The second kappa shape index (κ2) is 5.75. The van der Waals surface area contributed by atoms with Crippen LogP contribution in [0, 0.1) is 5.82 Å². The number of benzene rings is 1. The zero-order chi connectivity index (χ0) is 14.0. The summed E-state index contributed by atoms with van der Waals surface area (Å²) in [5, 5.41) is 9.35. The first-order chi connectivity index (χ1) is 9.02. The van der Waals surface area contributed by atoms with E-state index >= 15 is 0 Å². The average Bonchev–Trinajstić information content (AvgIpc) is 2.38. The van der Waals surface area contributed by atoms with E-state index in [0.717, 1.165) is 5.56 Å². The van der Waals surface area contributed by atoms with E-state index in [1.54, 1.807) is 13.2 Å². The minimum atomic E-state index is -0.953. The van der Waals surface area contributed by atoms with Crippen molar-refractivity contribution in [3.63, 3.8) is 0 Å². The molecular formula is C13H15ClFNO3. The fourth-order valence-corrected chi connectivity index (χ4v) is 2.79. The highest BCUT2D eigenvalue weighted by Gasteiger charge is 2.33. The first-order valence-electron chi connectivity index (χ1n) is 5.98. The standard InChI is InChI=1S/C13H15ClFNO3/c1-19-12-7-16(13(17)18)5-4-10(12)9-3-2-8(15)6-11(9)14/h2-3,6,10,12H,4-5,7H2,1H3,(H,17,18). The molecule has 19 heavy (non-hydrogen) atoms. The maximum Gasteiger partial charge on any atom is 0.407 e. The van der Waals surface area contributed by atoms with E-state index in [1.165, 1.54) is 17.0 Å². The number of hydrogen-bond donors (Lipinski definition) is 1. The molecule has 104 valence electrons. The Labute approximate surface area is 115 Å². The number of halogens is 2. The van der Waals surface area contributed by atoms with Gasteiger partial charge in [0.05, 0.1) is 12.6 Å². The van der Waals surface area contributed by atoms with Crippen LogP contribution >= 0.6 is 11.6 Å². The molecule has 1 N–H and O–H groups in total. The number of hydrogen-bond acceptors (Lipinski definition) is 2. The van der Waals surface area contributed by atoms with Gasteiger partial charge in [0.15, 0.2) is 0 Å². The van der Waals surface area contributed by atoms with Gasteiger partial charge in [0.25, 0.3) is 0 Å². The van der Waals surface area contributed by atoms with Crippen LogP contribution in [0.3, 0.4) is 0 Å². The van der Waals surface area contributed by atoms with Crippen LogP contribution in [0.25, 0.3) is 0 Å². The lowest BCUT2D eigenvalue weighted by Crippen LogP contribution is -2.46. The van der Waals surface area contributed by atoms with Gasteiger partial charge in [-0.3, -0.25) is 0 Å². The molecule has 1 aliphatic rings. The van der Waals surface area contributed by atoms with Crippen molar-refractivity contribution in [3.05, 3.63) is 34.6 Å². The Kier molecular flexibility index (Phi) is 4.27. The van der Waals surface area contributed by atoms with Gasteiger partial charge in [0, 0.05) is 24.6 Å². The summed E-state index contributed by atoms with van der Waals surface area (Å²) in [4.78, 5) is 12.3. The zero-order valence-electron chi connectivity index (χ0n) is 10.5. The monoisotopic (exact) mass is 287 g/mol. The van der Waals surface area contributed by atoms with Gasteiger partial charge < -0.3 is 14.7 Å². The van der Waals surface area contributed by atoms with Crippen molar-refractivity contribution in [3.8, 4) is 0 Å². The van der Waals surface area contributed by atoms with Gasteiger partial charge in [-0.25, -0.2) is 9.18 Å². The Bertz CT molecular complexity index is 483. The van der Waals surface area contributed by atoms with Gasteiger partial charge in [-0.2, -0.15) is 0 Å². The summed E-state index contributed by atoms with van der Waals surface area (Å²) in [6, 6.07) is 4.27. The van der Waals surface area contributed by atoms with E-state index in [4.69, 9.17) is 21.4 Å². The lowest BCUT2D eigenvalue weighted by atomic mass is 9.87. The number of likely N-dealkylation sites (tertiary alicyclic amines) is 1. The number of ether oxygens (including phenoxy) is 1. The molecule has 0 spiro atoms. The first-order valence-corrected chi connectivity index (χ1v) is 6.36. The smallest absolute Gasteiger partial charge is 0.407 e. The van der Waals surface area contributed by atoms with E-state index in [9.17, 15) is 9.18 Å². The molecule has 1 aliphatic heterocycles. The molecular weight excluding hydrogens is 273 g/mol. The van der Waals surface area contributed by atoms with Crippen LogP contribution in [0.5, 0.6) is 0 Å². The van der Waals surface area contributed by atoms with Crippen molar-refractivity contribution in [2.45, 2.75) is 18.4 Å². The number of carboxylic acid groups (broad SMARTS) is 1. The van der Waals surface area contributed by atoms with Gasteiger partial charge in [-0.1, -0.05) is 17.7 Å². The summed E-state index contributed by atoms with van der Waals surface area (Å²) < 4.78 is 18.4. The lowest BCUT2D eigenvalue weighted by Gasteiger charge is -2.36. The van der Waals surface area contributed by atoms with Crippen molar-refractivity contribution in [1.82, 2.24) is 4.90 Å². The van der Waals surface area contributed by atoms with E-state index in [2.05, 4.69) is 0 Å². The Morgan fingerprint density at radius 3 is 2.89 bits per heavy atom. The third-order valence-corrected chi connectivity index (χ3v) is 3.82. The minimum absolute atomic E-state index is 0.0197. The summed E-state index contributed by atoms with van der Waals surface area (Å²) in [6.07, 6.45) is -0.616. The highest BCUT2D eigenvalue weighted by molar-refractivity contribution is 6.31. The molecule has 1 fully saturated rings. The maximum atomic E-state index is 13.1. The van der Waals surface area contributed by atoms with Crippen LogP contribution < -0.4 is 0 Å². The quantitative estimate of drug-likeness (QED) is 0.910. The van der Waals surface area contributed by atoms with Crippen LogP contribution in [0.1, 0.15) is 17.9 Å². The summed E-state index contributed by atoms with van der Waals surface area (Å²) in [7, 11) is 1.54. The Morgan fingerprint density at radius 1 is 1.58 bits per heavy atom. The van der Waals surface area contributed by atoms with Crippen LogP contribution in [0.4, 0.5) is 9.18 Å². The largest absolute Gasteiger partial charge is 0.465 e. The van der Waals surface area contributed by atoms with E-state index in [0.29, 0.717) is 24.5 Å². The summed E-state index contributed by atoms with van der Waals surface area (Å²) in [5.74, 6) is -0.403. The molecule has 6 heteroatoms. The number of nitrogens with zero attached hydrogens (tertiary/aromatic N) is 1. The van der Waals surface area contributed by atoms with Gasteiger partial charge >= 0.3 is 6.09 Å². The molecule has 1 saturated heterocycles. The molecule has 0 saturated carbocycles. The van der Waals surface area contributed by atoms with E-state index in [-0.39, 0.29) is 17.8 Å². The molecule has 0 aliphatic carbocycles. The number of amides is 1. The number of piperidine rings is 1. The summed E-state index contributed by atoms with van der Waals surface area (Å²) in [6.45, 7) is 0.720. The zero-order valence-corrected chi connectivity index (χ0v) is 11.2. The summed E-state index contributed by atoms with van der Waals surface area (Å²) in [5.41, 5.74) is 0.806. The van der Waals surface area contributed by atoms with E-state index < -0.39 is 6.09 Å². The normalized spacial score (nSPS) is 23.4. The third kappa shape index (κ3) is 2.98. The van der Waals surface area contributed by atoms with Crippen molar-refractivity contribution >= 4 is 17.7 Å². The van der Waals surface area contributed by atoms with Crippen LogP contribution in [0.15, 0.2) is 18.2 Å². The van der Waals surface area contributed by atoms with E-state index in [1.807, 2.05) is 0 Å². The number of rotatable bonds is 2. The molecule has 1 aromatic rings. The fourth-order valence-electron chi connectivity index (χ4n) is 2.49. The van der Waals surface area contributed by atoms with Gasteiger partial charge in [0.1, 0.15) is 5.82 Å². The molecule has 0 bridgehead atoms. The van der Waals surface area contributed by atoms with Crippen LogP contribution in [-0.2, 0) is 4.74 Å². The highest BCUT2D eigenvalue weighted by atomic mass is 35.5. The topological polar surface area (TPSA) is 49.8 Å². The Morgan fingerprint density at radius 2 is 2.32 bits per heavy atom. The molecule has 1 aromatic carbocycles. The second-order valence-corrected chi connectivity index (χ2v) is 4.97. The predicted molar refractivity (Wildman–Crippen MR) is 69.2 cm³/mol. The first kappa shape index (κ1) is 14.1.